The second-order valence-electron chi connectivity index (χ2n) is 10.5. The van der Waals surface area contributed by atoms with Gasteiger partial charge in [0.25, 0.3) is 0 Å². The predicted octanol–water partition coefficient (Wildman–Crippen LogP) is 5.83. The molecule has 9 nitrogen and oxygen atoms in total. The van der Waals surface area contributed by atoms with E-state index in [0.717, 1.165) is 0 Å². The first kappa shape index (κ1) is 26.1. The molecule has 0 spiro atoms. The highest BCUT2D eigenvalue weighted by Gasteiger charge is 2.44. The fraction of sp³-hybridized carbons (Fsp3) is 0.462. The number of aromatic nitrogens is 3. The van der Waals surface area contributed by atoms with E-state index in [9.17, 15) is 9.18 Å². The van der Waals surface area contributed by atoms with Crippen LogP contribution in [0.25, 0.3) is 11.0 Å². The second kappa shape index (κ2) is 10.0. The summed E-state index contributed by atoms with van der Waals surface area (Å²) in [4.78, 5) is 26.9. The first-order chi connectivity index (χ1) is 18.0. The third-order valence-electron chi connectivity index (χ3n) is 6.12. The maximum Gasteiger partial charge on any atom is 0.410 e. The van der Waals surface area contributed by atoms with Crippen molar-refractivity contribution in [3.05, 3.63) is 41.4 Å². The van der Waals surface area contributed by atoms with Crippen molar-refractivity contribution in [3.63, 3.8) is 0 Å². The normalized spacial score (nSPS) is 18.4. The third-order valence-corrected chi connectivity index (χ3v) is 6.47. The number of nitrogens with zero attached hydrogens (tertiary/aromatic N) is 4. The molecule has 1 amide bonds. The summed E-state index contributed by atoms with van der Waals surface area (Å²) >= 11 is 6.15. The highest BCUT2D eigenvalue weighted by Crippen LogP contribution is 2.41. The zero-order valence-corrected chi connectivity index (χ0v) is 22.0. The van der Waals surface area contributed by atoms with E-state index in [0.29, 0.717) is 49.3 Å². The Hall–Kier alpha value is -3.47. The largest absolute Gasteiger partial charge is 0.489 e. The number of alkyl halides is 1. The smallest absolute Gasteiger partial charge is 0.410 e. The molecule has 1 aliphatic heterocycles. The molecule has 3 heterocycles. The van der Waals surface area contributed by atoms with Crippen molar-refractivity contribution >= 4 is 40.2 Å². The topological polar surface area (TPSA) is 98.7 Å². The molecule has 0 bridgehead atoms. The summed E-state index contributed by atoms with van der Waals surface area (Å²) in [6.07, 6.45) is 2.15. The number of rotatable bonds is 7. The standard InChI is InChI=1S/C26H28ClF2N5O4/c1-25(2,3)38-24(35)34-11-8-15(12-34)37-19-7-5-17-22(33-19)23(31-14-30-17)32-16-4-6-18(20(27)21(16)28)36-13-26(29)9-10-26/h4-7,14-15H,8-13H2,1-3H3,(H,30,31,32)/t15-/m0/s1. The molecule has 0 unspecified atom stereocenters. The van der Waals surface area contributed by atoms with Gasteiger partial charge in [0, 0.05) is 19.0 Å². The molecule has 202 valence electrons. The Morgan fingerprint density at radius 1 is 1.24 bits per heavy atom. The molecular weight excluding hydrogens is 520 g/mol. The van der Waals surface area contributed by atoms with Crippen molar-refractivity contribution < 1.29 is 27.8 Å². The zero-order valence-electron chi connectivity index (χ0n) is 21.3. The van der Waals surface area contributed by atoms with Crippen LogP contribution in [0.3, 0.4) is 0 Å². The van der Waals surface area contributed by atoms with Gasteiger partial charge in [0.1, 0.15) is 46.6 Å². The van der Waals surface area contributed by atoms with Crippen molar-refractivity contribution in [1.29, 1.82) is 0 Å². The SMILES string of the molecule is CC(C)(C)OC(=O)N1CC[C@H](Oc2ccc3ncnc(Nc4ccc(OCC5(F)CC5)c(Cl)c4F)c3n2)C1. The Labute approximate surface area is 223 Å². The van der Waals surface area contributed by atoms with E-state index in [1.165, 1.54) is 18.5 Å². The number of hydrogen-bond acceptors (Lipinski definition) is 8. The second-order valence-corrected chi connectivity index (χ2v) is 10.9. The molecule has 12 heteroatoms. The van der Waals surface area contributed by atoms with E-state index in [4.69, 9.17) is 25.8 Å². The highest BCUT2D eigenvalue weighted by molar-refractivity contribution is 6.32. The number of pyridine rings is 1. The first-order valence-corrected chi connectivity index (χ1v) is 12.7. The molecule has 1 saturated carbocycles. The summed E-state index contributed by atoms with van der Waals surface area (Å²) in [6, 6.07) is 6.31. The fourth-order valence-corrected chi connectivity index (χ4v) is 4.14. The lowest BCUT2D eigenvalue weighted by molar-refractivity contribution is 0.0275. The van der Waals surface area contributed by atoms with Gasteiger partial charge in [0.15, 0.2) is 11.6 Å². The molecule has 1 aromatic carbocycles. The van der Waals surface area contributed by atoms with Crippen LogP contribution in [0.1, 0.15) is 40.0 Å². The average Bonchev–Trinajstić information content (AvgIpc) is 3.41. The maximum atomic E-state index is 15.0. The summed E-state index contributed by atoms with van der Waals surface area (Å²) in [6.45, 7) is 6.16. The van der Waals surface area contributed by atoms with Gasteiger partial charge in [-0.05, 0) is 51.8 Å². The Balaban J connectivity index is 1.30. The van der Waals surface area contributed by atoms with Gasteiger partial charge < -0.3 is 24.4 Å². The van der Waals surface area contributed by atoms with Gasteiger partial charge in [0.2, 0.25) is 5.88 Å². The quantitative estimate of drug-likeness (QED) is 0.394. The number of likely N-dealkylation sites (tertiary alicyclic amines) is 1. The van der Waals surface area contributed by atoms with E-state index in [1.54, 1.807) is 17.0 Å². The highest BCUT2D eigenvalue weighted by atomic mass is 35.5. The number of nitrogens with one attached hydrogen (secondary N) is 1. The van der Waals surface area contributed by atoms with Crippen molar-refractivity contribution in [2.24, 2.45) is 0 Å². The van der Waals surface area contributed by atoms with Crippen molar-refractivity contribution in [1.82, 2.24) is 19.9 Å². The van der Waals surface area contributed by atoms with Crippen LogP contribution < -0.4 is 14.8 Å². The molecule has 5 rings (SSSR count). The molecule has 2 aromatic heterocycles. The molecule has 2 fully saturated rings. The number of amides is 1. The minimum atomic E-state index is -1.35. The van der Waals surface area contributed by atoms with Crippen LogP contribution in [0.5, 0.6) is 11.6 Å². The summed E-state index contributed by atoms with van der Waals surface area (Å²) in [7, 11) is 0. The van der Waals surface area contributed by atoms with E-state index < -0.39 is 17.1 Å². The lowest BCUT2D eigenvalue weighted by Crippen LogP contribution is -2.36. The summed E-state index contributed by atoms with van der Waals surface area (Å²) in [5, 5.41) is 2.65. The predicted molar refractivity (Wildman–Crippen MR) is 137 cm³/mol. The number of ether oxygens (including phenoxy) is 3. The number of fused-ring (bicyclic) bond motifs is 1. The number of anilines is 2. The molecule has 38 heavy (non-hydrogen) atoms. The van der Waals surface area contributed by atoms with Crippen LogP contribution in [0.4, 0.5) is 25.1 Å². The number of carbonyl (C=O) groups excluding carboxylic acids is 1. The first-order valence-electron chi connectivity index (χ1n) is 12.3. The molecule has 1 aliphatic carbocycles. The third kappa shape index (κ3) is 5.98. The lowest BCUT2D eigenvalue weighted by Gasteiger charge is -2.24. The Morgan fingerprint density at radius 3 is 2.76 bits per heavy atom. The Morgan fingerprint density at radius 2 is 2.03 bits per heavy atom. The Kier molecular flexibility index (Phi) is 6.89. The van der Waals surface area contributed by atoms with Gasteiger partial charge in [-0.1, -0.05) is 11.6 Å². The molecule has 1 saturated heterocycles. The van der Waals surface area contributed by atoms with Crippen LogP contribution in [0, 0.1) is 5.82 Å². The molecule has 2 aliphatic rings. The number of hydrogen-bond donors (Lipinski definition) is 1. The number of benzene rings is 1. The van der Waals surface area contributed by atoms with Gasteiger partial charge in [0.05, 0.1) is 17.7 Å². The van der Waals surface area contributed by atoms with Crippen LogP contribution in [0.15, 0.2) is 30.6 Å². The number of halogens is 3. The van der Waals surface area contributed by atoms with Crippen LogP contribution in [0.2, 0.25) is 5.02 Å². The van der Waals surface area contributed by atoms with E-state index in [-0.39, 0.29) is 41.1 Å². The summed E-state index contributed by atoms with van der Waals surface area (Å²) < 4.78 is 45.8. The van der Waals surface area contributed by atoms with E-state index >= 15 is 4.39 Å². The van der Waals surface area contributed by atoms with Crippen molar-refractivity contribution in [3.8, 4) is 11.6 Å². The average molecular weight is 548 g/mol. The lowest BCUT2D eigenvalue weighted by atomic mass is 10.2. The fourth-order valence-electron chi connectivity index (χ4n) is 3.92. The van der Waals surface area contributed by atoms with Gasteiger partial charge >= 0.3 is 6.09 Å². The van der Waals surface area contributed by atoms with Crippen LogP contribution >= 0.6 is 11.6 Å². The van der Waals surface area contributed by atoms with Crippen LogP contribution in [-0.4, -0.2) is 63.0 Å². The van der Waals surface area contributed by atoms with Gasteiger partial charge in [-0.2, -0.15) is 0 Å². The summed E-state index contributed by atoms with van der Waals surface area (Å²) in [5.74, 6) is -0.141. The minimum Gasteiger partial charge on any atom is -0.489 e. The molecule has 0 radical (unpaired) electrons. The molecule has 1 N–H and O–H groups in total. The minimum absolute atomic E-state index is 0.0423. The van der Waals surface area contributed by atoms with E-state index in [1.807, 2.05) is 20.8 Å². The molecule has 3 aromatic rings. The summed E-state index contributed by atoms with van der Waals surface area (Å²) in [5.41, 5.74) is -1.02. The maximum absolute atomic E-state index is 15.0. The van der Waals surface area contributed by atoms with Gasteiger partial charge in [-0.25, -0.2) is 28.5 Å². The van der Waals surface area contributed by atoms with Gasteiger partial charge in [-0.3, -0.25) is 0 Å². The van der Waals surface area contributed by atoms with Crippen molar-refractivity contribution in [2.75, 3.05) is 25.0 Å². The van der Waals surface area contributed by atoms with Crippen molar-refractivity contribution in [2.45, 2.75) is 57.4 Å². The molecular formula is C26H28ClF2N5O4. The molecule has 1 atom stereocenters. The van der Waals surface area contributed by atoms with E-state index in [2.05, 4.69) is 20.3 Å². The zero-order chi connectivity index (χ0) is 27.1. The monoisotopic (exact) mass is 547 g/mol. The Bertz CT molecular complexity index is 1370. The van der Waals surface area contributed by atoms with Crippen LogP contribution in [-0.2, 0) is 4.74 Å². The number of carbonyl (C=O) groups is 1. The van der Waals surface area contributed by atoms with Gasteiger partial charge in [-0.15, -0.1) is 0 Å².